The number of aryl methyl sites for hydroxylation is 2. The highest BCUT2D eigenvalue weighted by molar-refractivity contribution is 5.56. The fraction of sp³-hybridized carbons (Fsp3) is 0.350. The topological polar surface area (TPSA) is 66.8 Å². The summed E-state index contributed by atoms with van der Waals surface area (Å²) in [6.07, 6.45) is -3.80. The fourth-order valence-electron chi connectivity index (χ4n) is 3.61. The van der Waals surface area contributed by atoms with Gasteiger partial charge in [0.25, 0.3) is 5.56 Å². The monoisotopic (exact) mass is 403 g/mol. The number of aromatic amines is 1. The van der Waals surface area contributed by atoms with Crippen molar-refractivity contribution in [3.8, 4) is 11.4 Å². The summed E-state index contributed by atoms with van der Waals surface area (Å²) in [5.74, 6) is 0.290. The van der Waals surface area contributed by atoms with Crippen LogP contribution in [0.4, 0.5) is 13.2 Å². The Morgan fingerprint density at radius 1 is 1.21 bits per heavy atom. The van der Waals surface area contributed by atoms with Gasteiger partial charge in [0.05, 0.1) is 28.2 Å². The van der Waals surface area contributed by atoms with Crippen molar-refractivity contribution in [2.45, 2.75) is 32.6 Å². The Bertz CT molecular complexity index is 1100. The minimum atomic E-state index is -4.40. The van der Waals surface area contributed by atoms with E-state index in [1.807, 2.05) is 24.7 Å². The van der Waals surface area contributed by atoms with Crippen LogP contribution < -0.4 is 5.56 Å². The Morgan fingerprint density at radius 3 is 2.55 bits per heavy atom. The largest absolute Gasteiger partial charge is 0.416 e. The van der Waals surface area contributed by atoms with Crippen molar-refractivity contribution in [1.29, 1.82) is 0 Å². The van der Waals surface area contributed by atoms with Crippen LogP contribution >= 0.6 is 0 Å². The number of aromatic nitrogens is 4. The molecule has 0 bridgehead atoms. The smallest absolute Gasteiger partial charge is 0.306 e. The minimum absolute atomic E-state index is 0.254. The molecule has 6 nitrogen and oxygen atoms in total. The lowest BCUT2D eigenvalue weighted by Crippen LogP contribution is -2.35. The van der Waals surface area contributed by atoms with Crippen LogP contribution in [0.1, 0.15) is 28.2 Å². The van der Waals surface area contributed by atoms with E-state index in [-0.39, 0.29) is 11.4 Å². The molecular formula is C20H20F3N5O. The number of hydrogen-bond donors (Lipinski definition) is 1. The van der Waals surface area contributed by atoms with Crippen LogP contribution in [-0.2, 0) is 32.7 Å². The highest BCUT2D eigenvalue weighted by Gasteiger charge is 2.30. The summed E-state index contributed by atoms with van der Waals surface area (Å²) >= 11 is 0. The summed E-state index contributed by atoms with van der Waals surface area (Å²) in [6, 6.07) is 6.66. The second-order valence-electron chi connectivity index (χ2n) is 7.28. The standard InChI is InChI=1S/C20H20F3N5O/c1-12-9-15(27(2)26-12)10-28-8-7-17-16(11-28)19(29)25-18(24-17)13-3-5-14(6-4-13)20(21,22)23/h3-6,9H,7-8,10-11H2,1-2H3,(H,24,25,29). The molecule has 0 radical (unpaired) electrons. The summed E-state index contributed by atoms with van der Waals surface area (Å²) in [5, 5.41) is 4.34. The third-order valence-electron chi connectivity index (χ3n) is 5.12. The van der Waals surface area contributed by atoms with Gasteiger partial charge in [-0.3, -0.25) is 14.4 Å². The zero-order valence-corrected chi connectivity index (χ0v) is 16.0. The molecule has 2 aromatic heterocycles. The fourth-order valence-corrected chi connectivity index (χ4v) is 3.61. The van der Waals surface area contributed by atoms with Gasteiger partial charge in [-0.05, 0) is 25.1 Å². The first-order valence-electron chi connectivity index (χ1n) is 9.22. The zero-order valence-electron chi connectivity index (χ0n) is 16.0. The van der Waals surface area contributed by atoms with Crippen LogP contribution in [0.3, 0.4) is 0 Å². The van der Waals surface area contributed by atoms with Gasteiger partial charge in [-0.15, -0.1) is 0 Å². The van der Waals surface area contributed by atoms with E-state index in [4.69, 9.17) is 0 Å². The number of hydrogen-bond acceptors (Lipinski definition) is 4. The van der Waals surface area contributed by atoms with E-state index in [1.54, 1.807) is 0 Å². The van der Waals surface area contributed by atoms with Gasteiger partial charge in [0.2, 0.25) is 0 Å². The average Bonchev–Trinajstić information content (AvgIpc) is 2.98. The Morgan fingerprint density at radius 2 is 1.93 bits per heavy atom. The molecule has 152 valence electrons. The average molecular weight is 403 g/mol. The number of H-pyrrole nitrogens is 1. The van der Waals surface area contributed by atoms with E-state index < -0.39 is 11.7 Å². The van der Waals surface area contributed by atoms with Gasteiger partial charge < -0.3 is 4.98 Å². The lowest BCUT2D eigenvalue weighted by molar-refractivity contribution is -0.137. The quantitative estimate of drug-likeness (QED) is 0.730. The molecule has 0 spiro atoms. The second-order valence-corrected chi connectivity index (χ2v) is 7.28. The van der Waals surface area contributed by atoms with E-state index in [9.17, 15) is 18.0 Å². The molecule has 0 aliphatic carbocycles. The lowest BCUT2D eigenvalue weighted by Gasteiger charge is -2.27. The predicted molar refractivity (Wildman–Crippen MR) is 101 cm³/mol. The number of alkyl halides is 3. The molecule has 0 saturated carbocycles. The van der Waals surface area contributed by atoms with Gasteiger partial charge >= 0.3 is 6.18 Å². The van der Waals surface area contributed by atoms with Crippen LogP contribution in [0.15, 0.2) is 35.1 Å². The molecule has 1 N–H and O–H groups in total. The summed E-state index contributed by atoms with van der Waals surface area (Å²) < 4.78 is 40.1. The van der Waals surface area contributed by atoms with E-state index in [2.05, 4.69) is 20.0 Å². The first-order valence-corrected chi connectivity index (χ1v) is 9.22. The van der Waals surface area contributed by atoms with Crippen molar-refractivity contribution >= 4 is 0 Å². The van der Waals surface area contributed by atoms with Crippen LogP contribution in [0.5, 0.6) is 0 Å². The lowest BCUT2D eigenvalue weighted by atomic mass is 10.1. The van der Waals surface area contributed by atoms with Gasteiger partial charge in [-0.1, -0.05) is 12.1 Å². The van der Waals surface area contributed by atoms with Gasteiger partial charge in [0.15, 0.2) is 0 Å². The molecule has 1 aliphatic heterocycles. The normalized spacial score (nSPS) is 14.8. The third kappa shape index (κ3) is 3.95. The Balaban J connectivity index is 1.57. The molecule has 1 aromatic carbocycles. The maximum absolute atomic E-state index is 12.7. The Labute approximate surface area is 165 Å². The molecule has 0 atom stereocenters. The minimum Gasteiger partial charge on any atom is -0.306 e. The SMILES string of the molecule is Cc1cc(CN2CCc3nc(-c4ccc(C(F)(F)F)cc4)[nH]c(=O)c3C2)n(C)n1. The van der Waals surface area contributed by atoms with Gasteiger partial charge in [0, 0.05) is 38.7 Å². The molecule has 29 heavy (non-hydrogen) atoms. The molecule has 0 amide bonds. The summed E-state index contributed by atoms with van der Waals surface area (Å²) in [4.78, 5) is 22.0. The molecule has 9 heteroatoms. The van der Waals surface area contributed by atoms with Crippen molar-refractivity contribution in [1.82, 2.24) is 24.6 Å². The van der Waals surface area contributed by atoms with Gasteiger partial charge in [-0.2, -0.15) is 18.3 Å². The van der Waals surface area contributed by atoms with Gasteiger partial charge in [0.1, 0.15) is 5.82 Å². The maximum Gasteiger partial charge on any atom is 0.416 e. The molecule has 0 fully saturated rings. The molecule has 4 rings (SSSR count). The zero-order chi connectivity index (χ0) is 20.8. The molecule has 3 heterocycles. The number of halogens is 3. The number of nitrogens with one attached hydrogen (secondary N) is 1. The summed E-state index contributed by atoms with van der Waals surface area (Å²) in [5.41, 5.74) is 2.77. The van der Waals surface area contributed by atoms with Crippen molar-refractivity contribution < 1.29 is 13.2 Å². The highest BCUT2D eigenvalue weighted by Crippen LogP contribution is 2.30. The molecule has 1 aliphatic rings. The van der Waals surface area contributed by atoms with E-state index in [1.165, 1.54) is 12.1 Å². The van der Waals surface area contributed by atoms with E-state index in [0.717, 1.165) is 30.1 Å². The van der Waals surface area contributed by atoms with Crippen LogP contribution in [0.25, 0.3) is 11.4 Å². The first kappa shape index (κ1) is 19.4. The number of rotatable bonds is 3. The number of nitrogens with zero attached hydrogens (tertiary/aromatic N) is 4. The highest BCUT2D eigenvalue weighted by atomic mass is 19.4. The Kier molecular flexibility index (Phi) is 4.77. The molecular weight excluding hydrogens is 383 g/mol. The number of benzene rings is 1. The van der Waals surface area contributed by atoms with Crippen LogP contribution in [0, 0.1) is 6.92 Å². The van der Waals surface area contributed by atoms with Crippen LogP contribution in [-0.4, -0.2) is 31.2 Å². The van der Waals surface area contributed by atoms with E-state index in [0.29, 0.717) is 36.3 Å². The molecule has 3 aromatic rings. The Hall–Kier alpha value is -2.94. The van der Waals surface area contributed by atoms with Crippen molar-refractivity contribution in [3.63, 3.8) is 0 Å². The third-order valence-corrected chi connectivity index (χ3v) is 5.12. The predicted octanol–water partition coefficient (Wildman–Crippen LogP) is 3.06. The maximum atomic E-state index is 12.7. The first-order chi connectivity index (χ1) is 13.7. The van der Waals surface area contributed by atoms with Crippen molar-refractivity contribution in [3.05, 3.63) is 68.9 Å². The van der Waals surface area contributed by atoms with Crippen molar-refractivity contribution in [2.24, 2.45) is 7.05 Å². The van der Waals surface area contributed by atoms with Crippen molar-refractivity contribution in [2.75, 3.05) is 6.54 Å². The van der Waals surface area contributed by atoms with Crippen LogP contribution in [0.2, 0.25) is 0 Å². The summed E-state index contributed by atoms with van der Waals surface area (Å²) in [6.45, 7) is 3.82. The van der Waals surface area contributed by atoms with E-state index >= 15 is 0 Å². The molecule has 0 unspecified atom stereocenters. The number of fused-ring (bicyclic) bond motifs is 1. The molecule has 0 saturated heterocycles. The summed E-state index contributed by atoms with van der Waals surface area (Å²) in [7, 11) is 1.89. The second kappa shape index (κ2) is 7.14. The van der Waals surface area contributed by atoms with Gasteiger partial charge in [-0.25, -0.2) is 4.98 Å².